The van der Waals surface area contributed by atoms with E-state index in [1.165, 1.54) is 17.0 Å². The highest BCUT2D eigenvalue weighted by Gasteiger charge is 2.37. The van der Waals surface area contributed by atoms with E-state index in [0.717, 1.165) is 19.0 Å². The topological polar surface area (TPSA) is 32.3 Å². The lowest BCUT2D eigenvalue weighted by Gasteiger charge is -2.20. The second kappa shape index (κ2) is 6.36. The van der Waals surface area contributed by atoms with Gasteiger partial charge in [0, 0.05) is 17.6 Å². The summed E-state index contributed by atoms with van der Waals surface area (Å²) in [4.78, 5) is 13.9. The summed E-state index contributed by atoms with van der Waals surface area (Å²) in [7, 11) is 1.82. The van der Waals surface area contributed by atoms with Crippen molar-refractivity contribution < 1.29 is 18.0 Å². The monoisotopic (exact) mass is 364 g/mol. The van der Waals surface area contributed by atoms with Crippen molar-refractivity contribution in [1.82, 2.24) is 10.2 Å². The van der Waals surface area contributed by atoms with Crippen molar-refractivity contribution in [1.29, 1.82) is 0 Å². The third kappa shape index (κ3) is 3.77. The third-order valence-corrected chi connectivity index (χ3v) is 4.08. The molecule has 1 unspecified atom stereocenters. The molecule has 1 aliphatic rings. The smallest absolute Gasteiger partial charge is 0.338 e. The lowest BCUT2D eigenvalue weighted by atomic mass is 10.1. The SMILES string of the molecule is CNCC1CCN(C(=O)c2ccc(Br)cc2C(F)(F)F)C1. The van der Waals surface area contributed by atoms with Gasteiger partial charge in [-0.3, -0.25) is 4.79 Å². The van der Waals surface area contributed by atoms with Gasteiger partial charge in [0.2, 0.25) is 0 Å². The summed E-state index contributed by atoms with van der Waals surface area (Å²) in [6.07, 6.45) is -3.73. The molecule has 116 valence electrons. The summed E-state index contributed by atoms with van der Waals surface area (Å²) < 4.78 is 39.5. The molecule has 2 rings (SSSR count). The number of alkyl halides is 3. The number of benzene rings is 1. The van der Waals surface area contributed by atoms with E-state index in [1.807, 2.05) is 7.05 Å². The van der Waals surface area contributed by atoms with Crippen LogP contribution in [0, 0.1) is 5.92 Å². The van der Waals surface area contributed by atoms with E-state index in [9.17, 15) is 18.0 Å². The van der Waals surface area contributed by atoms with Gasteiger partial charge in [0.15, 0.2) is 0 Å². The normalized spacial score (nSPS) is 19.1. The van der Waals surface area contributed by atoms with Gasteiger partial charge in [0.05, 0.1) is 11.1 Å². The molecule has 21 heavy (non-hydrogen) atoms. The van der Waals surface area contributed by atoms with Crippen molar-refractivity contribution in [2.24, 2.45) is 5.92 Å². The van der Waals surface area contributed by atoms with E-state index in [4.69, 9.17) is 0 Å². The van der Waals surface area contributed by atoms with Gasteiger partial charge >= 0.3 is 6.18 Å². The van der Waals surface area contributed by atoms with Crippen LogP contribution in [0.15, 0.2) is 22.7 Å². The predicted octanol–water partition coefficient (Wildman–Crippen LogP) is 3.15. The molecule has 1 fully saturated rings. The van der Waals surface area contributed by atoms with Crippen molar-refractivity contribution >= 4 is 21.8 Å². The van der Waals surface area contributed by atoms with Gasteiger partial charge in [-0.25, -0.2) is 0 Å². The van der Waals surface area contributed by atoms with Gasteiger partial charge < -0.3 is 10.2 Å². The van der Waals surface area contributed by atoms with E-state index in [1.54, 1.807) is 0 Å². The van der Waals surface area contributed by atoms with E-state index < -0.39 is 17.6 Å². The van der Waals surface area contributed by atoms with Crippen LogP contribution in [0.3, 0.4) is 0 Å². The molecule has 3 nitrogen and oxygen atoms in total. The maximum absolute atomic E-state index is 13.1. The molecule has 1 saturated heterocycles. The molecule has 1 aromatic carbocycles. The molecule has 1 atom stereocenters. The zero-order valence-electron chi connectivity index (χ0n) is 11.5. The lowest BCUT2D eigenvalue weighted by molar-refractivity contribution is -0.138. The minimum absolute atomic E-state index is 0.282. The number of likely N-dealkylation sites (tertiary alicyclic amines) is 1. The molecular weight excluding hydrogens is 349 g/mol. The Morgan fingerprint density at radius 1 is 1.48 bits per heavy atom. The molecule has 0 aromatic heterocycles. The average Bonchev–Trinajstić information content (AvgIpc) is 2.86. The molecule has 0 bridgehead atoms. The number of carbonyl (C=O) groups excluding carboxylic acids is 1. The van der Waals surface area contributed by atoms with Crippen LogP contribution in [-0.2, 0) is 6.18 Å². The fourth-order valence-electron chi connectivity index (χ4n) is 2.58. The zero-order chi connectivity index (χ0) is 15.6. The number of nitrogens with one attached hydrogen (secondary N) is 1. The van der Waals surface area contributed by atoms with Gasteiger partial charge in [0.1, 0.15) is 0 Å². The van der Waals surface area contributed by atoms with Crippen LogP contribution in [0.2, 0.25) is 0 Å². The maximum Gasteiger partial charge on any atom is 0.417 e. The molecule has 0 radical (unpaired) electrons. The largest absolute Gasteiger partial charge is 0.417 e. The number of carbonyl (C=O) groups is 1. The minimum Gasteiger partial charge on any atom is -0.338 e. The highest BCUT2D eigenvalue weighted by atomic mass is 79.9. The molecule has 7 heteroatoms. The number of hydrogen-bond donors (Lipinski definition) is 1. The fourth-order valence-corrected chi connectivity index (χ4v) is 2.94. The van der Waals surface area contributed by atoms with Crippen LogP contribution in [0.25, 0.3) is 0 Å². The predicted molar refractivity (Wildman–Crippen MR) is 77.1 cm³/mol. The van der Waals surface area contributed by atoms with Crippen LogP contribution < -0.4 is 5.32 Å². The number of halogens is 4. The molecule has 1 amide bonds. The summed E-state index contributed by atoms with van der Waals surface area (Å²) in [5.74, 6) is -0.253. The van der Waals surface area contributed by atoms with Crippen molar-refractivity contribution in [3.05, 3.63) is 33.8 Å². The Bertz CT molecular complexity index is 533. The number of nitrogens with zero attached hydrogens (tertiary/aromatic N) is 1. The summed E-state index contributed by atoms with van der Waals surface area (Å²) in [6, 6.07) is 3.65. The van der Waals surface area contributed by atoms with Gasteiger partial charge in [0.25, 0.3) is 5.91 Å². The Balaban J connectivity index is 2.24. The highest BCUT2D eigenvalue weighted by Crippen LogP contribution is 2.35. The second-order valence-electron chi connectivity index (χ2n) is 5.15. The molecule has 1 aromatic rings. The number of hydrogen-bond acceptors (Lipinski definition) is 2. The maximum atomic E-state index is 13.1. The van der Waals surface area contributed by atoms with Crippen LogP contribution in [-0.4, -0.2) is 37.5 Å². The Labute approximate surface area is 129 Å². The summed E-state index contributed by atoms with van der Waals surface area (Å²) in [5, 5.41) is 3.03. The van der Waals surface area contributed by atoms with Gasteiger partial charge in [-0.2, -0.15) is 13.2 Å². The zero-order valence-corrected chi connectivity index (χ0v) is 13.1. The summed E-state index contributed by atoms with van der Waals surface area (Å²) in [6.45, 7) is 1.75. The first-order chi connectivity index (χ1) is 9.82. The van der Waals surface area contributed by atoms with Crippen LogP contribution >= 0.6 is 15.9 Å². The van der Waals surface area contributed by atoms with Crippen molar-refractivity contribution in [2.75, 3.05) is 26.7 Å². The van der Waals surface area contributed by atoms with Gasteiger partial charge in [-0.1, -0.05) is 15.9 Å². The highest BCUT2D eigenvalue weighted by molar-refractivity contribution is 9.10. The molecule has 1 heterocycles. The Morgan fingerprint density at radius 3 is 2.81 bits per heavy atom. The number of rotatable bonds is 3. The molecule has 0 saturated carbocycles. The van der Waals surface area contributed by atoms with E-state index >= 15 is 0 Å². The third-order valence-electron chi connectivity index (χ3n) is 3.58. The standard InChI is InChI=1S/C14H16BrF3N2O/c1-19-7-9-4-5-20(8-9)13(21)11-3-2-10(15)6-12(11)14(16,17)18/h2-3,6,9,19H,4-5,7-8H2,1H3. The van der Waals surface area contributed by atoms with Crippen molar-refractivity contribution in [3.63, 3.8) is 0 Å². The first-order valence-corrected chi connectivity index (χ1v) is 7.43. The quantitative estimate of drug-likeness (QED) is 0.893. The lowest BCUT2D eigenvalue weighted by Crippen LogP contribution is -2.31. The average molecular weight is 365 g/mol. The van der Waals surface area contributed by atoms with E-state index in [2.05, 4.69) is 21.2 Å². The minimum atomic E-state index is -4.54. The van der Waals surface area contributed by atoms with Gasteiger partial charge in [-0.05, 0) is 44.1 Å². The van der Waals surface area contributed by atoms with Crippen LogP contribution in [0.4, 0.5) is 13.2 Å². The van der Waals surface area contributed by atoms with E-state index in [-0.39, 0.29) is 5.56 Å². The van der Waals surface area contributed by atoms with Gasteiger partial charge in [-0.15, -0.1) is 0 Å². The Kier molecular flexibility index (Phi) is 4.93. The molecule has 0 spiro atoms. The molecule has 1 aliphatic heterocycles. The Hall–Kier alpha value is -1.08. The first-order valence-electron chi connectivity index (χ1n) is 6.63. The second-order valence-corrected chi connectivity index (χ2v) is 6.07. The molecule has 1 N–H and O–H groups in total. The molecular formula is C14H16BrF3N2O. The van der Waals surface area contributed by atoms with E-state index in [0.29, 0.717) is 23.5 Å². The van der Waals surface area contributed by atoms with Crippen molar-refractivity contribution in [2.45, 2.75) is 12.6 Å². The van der Waals surface area contributed by atoms with Crippen LogP contribution in [0.5, 0.6) is 0 Å². The fraction of sp³-hybridized carbons (Fsp3) is 0.500. The van der Waals surface area contributed by atoms with Crippen molar-refractivity contribution in [3.8, 4) is 0 Å². The van der Waals surface area contributed by atoms with Crippen LogP contribution in [0.1, 0.15) is 22.3 Å². The summed E-state index contributed by atoms with van der Waals surface area (Å²) >= 11 is 3.02. The first kappa shape index (κ1) is 16.3. The number of amides is 1. The Morgan fingerprint density at radius 2 is 2.19 bits per heavy atom. The molecule has 0 aliphatic carbocycles. The summed E-state index contributed by atoms with van der Waals surface area (Å²) in [5.41, 5.74) is -1.17.